The van der Waals surface area contributed by atoms with E-state index < -0.39 is 0 Å². The molecule has 0 saturated heterocycles. The molecule has 2 aromatic heterocycles. The van der Waals surface area contributed by atoms with Crippen LogP contribution in [0.25, 0.3) is 22.3 Å². The minimum Gasteiger partial charge on any atom is -0.360 e. The second-order valence-corrected chi connectivity index (χ2v) is 4.50. The number of nitrogens with zero attached hydrogens (tertiary/aromatic N) is 1. The molecule has 3 rings (SSSR count). The van der Waals surface area contributed by atoms with Crippen LogP contribution in [0.2, 0.25) is 0 Å². The predicted molar refractivity (Wildman–Crippen MR) is 73.4 cm³/mol. The summed E-state index contributed by atoms with van der Waals surface area (Å²) in [6, 6.07) is 6.28. The molecule has 18 heavy (non-hydrogen) atoms. The van der Waals surface area contributed by atoms with Gasteiger partial charge in [0.05, 0.1) is 0 Å². The van der Waals surface area contributed by atoms with E-state index in [2.05, 4.69) is 40.1 Å². The molecule has 0 aliphatic rings. The van der Waals surface area contributed by atoms with Gasteiger partial charge in [-0.25, -0.2) is 4.98 Å². The van der Waals surface area contributed by atoms with E-state index >= 15 is 0 Å². The van der Waals surface area contributed by atoms with E-state index in [1.807, 2.05) is 12.4 Å². The van der Waals surface area contributed by atoms with Gasteiger partial charge in [0, 0.05) is 41.0 Å². The lowest BCUT2D eigenvalue weighted by molar-refractivity contribution is 0.936. The lowest BCUT2D eigenvalue weighted by Crippen LogP contribution is -2.02. The Kier molecular flexibility index (Phi) is 2.64. The number of nitrogens with two attached hydrogens (primary N) is 1. The number of nitrogens with one attached hydrogen (secondary N) is 2. The first-order valence-electron chi connectivity index (χ1n) is 6.10. The van der Waals surface area contributed by atoms with Gasteiger partial charge in [0.2, 0.25) is 0 Å². The zero-order chi connectivity index (χ0) is 12.5. The standard InChI is InChI=1S/C14H16N4/c1-9-3-2-4-11-12(8-16-13(9)11)14-17-7-10(18-14)5-6-15/h2-4,7-8,16H,5-6,15H2,1H3,(H,17,18). The monoisotopic (exact) mass is 240 g/mol. The third-order valence-electron chi connectivity index (χ3n) is 3.22. The Balaban J connectivity index is 2.10. The Morgan fingerprint density at radius 1 is 1.33 bits per heavy atom. The first-order chi connectivity index (χ1) is 8.79. The molecule has 0 bridgehead atoms. The minimum absolute atomic E-state index is 0.634. The molecule has 4 nitrogen and oxygen atoms in total. The van der Waals surface area contributed by atoms with Crippen molar-refractivity contribution in [3.8, 4) is 11.4 Å². The van der Waals surface area contributed by atoms with Crippen LogP contribution in [-0.2, 0) is 6.42 Å². The molecule has 2 heterocycles. The number of hydrogen-bond acceptors (Lipinski definition) is 2. The zero-order valence-corrected chi connectivity index (χ0v) is 10.3. The number of fused-ring (bicyclic) bond motifs is 1. The molecule has 4 N–H and O–H groups in total. The van der Waals surface area contributed by atoms with Crippen LogP contribution in [0.1, 0.15) is 11.3 Å². The van der Waals surface area contributed by atoms with E-state index in [0.717, 1.165) is 23.5 Å². The molecule has 92 valence electrons. The van der Waals surface area contributed by atoms with Gasteiger partial charge in [0.25, 0.3) is 0 Å². The van der Waals surface area contributed by atoms with E-state index in [1.165, 1.54) is 16.5 Å². The Morgan fingerprint density at radius 3 is 3.06 bits per heavy atom. The number of aryl methyl sites for hydroxylation is 1. The quantitative estimate of drug-likeness (QED) is 0.657. The number of aromatic amines is 2. The largest absolute Gasteiger partial charge is 0.360 e. The third kappa shape index (κ3) is 1.71. The molecule has 0 fully saturated rings. The average molecular weight is 240 g/mol. The van der Waals surface area contributed by atoms with Crippen molar-refractivity contribution in [3.05, 3.63) is 41.9 Å². The van der Waals surface area contributed by atoms with Gasteiger partial charge in [-0.2, -0.15) is 0 Å². The van der Waals surface area contributed by atoms with Crippen molar-refractivity contribution in [1.82, 2.24) is 15.0 Å². The molecule has 4 heteroatoms. The second-order valence-electron chi connectivity index (χ2n) is 4.50. The maximum atomic E-state index is 5.54. The van der Waals surface area contributed by atoms with E-state index in [9.17, 15) is 0 Å². The predicted octanol–water partition coefficient (Wildman–Crippen LogP) is 2.37. The normalized spacial score (nSPS) is 11.2. The molecule has 0 aliphatic carbocycles. The van der Waals surface area contributed by atoms with E-state index in [0.29, 0.717) is 6.54 Å². The summed E-state index contributed by atoms with van der Waals surface area (Å²) in [5.74, 6) is 0.898. The summed E-state index contributed by atoms with van der Waals surface area (Å²) in [5.41, 5.74) is 10.1. The van der Waals surface area contributed by atoms with Gasteiger partial charge >= 0.3 is 0 Å². The van der Waals surface area contributed by atoms with E-state index in [1.54, 1.807) is 0 Å². The van der Waals surface area contributed by atoms with Gasteiger partial charge in [-0.15, -0.1) is 0 Å². The van der Waals surface area contributed by atoms with Crippen LogP contribution in [0, 0.1) is 6.92 Å². The number of benzene rings is 1. The van der Waals surface area contributed by atoms with Gasteiger partial charge in [-0.05, 0) is 19.0 Å². The number of para-hydroxylation sites is 1. The topological polar surface area (TPSA) is 70.5 Å². The molecule has 0 spiro atoms. The Labute approximate surface area is 105 Å². The molecule has 0 saturated carbocycles. The number of H-pyrrole nitrogens is 2. The van der Waals surface area contributed by atoms with Crippen molar-refractivity contribution in [2.24, 2.45) is 5.73 Å². The van der Waals surface area contributed by atoms with Crippen molar-refractivity contribution in [2.45, 2.75) is 13.3 Å². The molecule has 0 atom stereocenters. The SMILES string of the molecule is Cc1cccc2c(-c3ncc(CCN)[nH]3)c[nH]c12. The zero-order valence-electron chi connectivity index (χ0n) is 10.3. The van der Waals surface area contributed by atoms with Gasteiger partial charge < -0.3 is 15.7 Å². The van der Waals surface area contributed by atoms with Gasteiger partial charge in [-0.1, -0.05) is 18.2 Å². The summed E-state index contributed by atoms with van der Waals surface area (Å²) >= 11 is 0. The minimum atomic E-state index is 0.634. The van der Waals surface area contributed by atoms with Gasteiger partial charge in [0.15, 0.2) is 0 Å². The second kappa shape index (κ2) is 4.31. The third-order valence-corrected chi connectivity index (χ3v) is 3.22. The van der Waals surface area contributed by atoms with E-state index in [4.69, 9.17) is 5.73 Å². The number of aromatic nitrogens is 3. The maximum Gasteiger partial charge on any atom is 0.139 e. The number of imidazole rings is 1. The molecule has 3 aromatic rings. The van der Waals surface area contributed by atoms with Crippen molar-refractivity contribution < 1.29 is 0 Å². The highest BCUT2D eigenvalue weighted by Crippen LogP contribution is 2.28. The van der Waals surface area contributed by atoms with Crippen LogP contribution < -0.4 is 5.73 Å². The van der Waals surface area contributed by atoms with Crippen LogP contribution in [-0.4, -0.2) is 21.5 Å². The Morgan fingerprint density at radius 2 is 2.22 bits per heavy atom. The molecule has 0 radical (unpaired) electrons. The molecule has 0 amide bonds. The smallest absolute Gasteiger partial charge is 0.139 e. The highest BCUT2D eigenvalue weighted by Gasteiger charge is 2.10. The van der Waals surface area contributed by atoms with Crippen LogP contribution in [0.15, 0.2) is 30.6 Å². The summed E-state index contributed by atoms with van der Waals surface area (Å²) in [6.45, 7) is 2.74. The first-order valence-corrected chi connectivity index (χ1v) is 6.10. The number of hydrogen-bond donors (Lipinski definition) is 3. The summed E-state index contributed by atoms with van der Waals surface area (Å²) < 4.78 is 0. The molecule has 0 unspecified atom stereocenters. The van der Waals surface area contributed by atoms with Crippen LogP contribution in [0.5, 0.6) is 0 Å². The first kappa shape index (κ1) is 11.0. The fourth-order valence-corrected chi connectivity index (χ4v) is 2.28. The maximum absolute atomic E-state index is 5.54. The summed E-state index contributed by atoms with van der Waals surface area (Å²) in [5, 5.41) is 1.20. The Hall–Kier alpha value is -2.07. The summed E-state index contributed by atoms with van der Waals surface area (Å²) in [7, 11) is 0. The van der Waals surface area contributed by atoms with Crippen molar-refractivity contribution in [1.29, 1.82) is 0 Å². The van der Waals surface area contributed by atoms with Crippen molar-refractivity contribution in [2.75, 3.05) is 6.54 Å². The van der Waals surface area contributed by atoms with E-state index in [-0.39, 0.29) is 0 Å². The van der Waals surface area contributed by atoms with Crippen LogP contribution >= 0.6 is 0 Å². The van der Waals surface area contributed by atoms with Gasteiger partial charge in [0.1, 0.15) is 5.82 Å². The molecular formula is C14H16N4. The van der Waals surface area contributed by atoms with Crippen LogP contribution in [0.3, 0.4) is 0 Å². The fourth-order valence-electron chi connectivity index (χ4n) is 2.28. The Bertz CT molecular complexity index is 678. The molecule has 0 aliphatic heterocycles. The van der Waals surface area contributed by atoms with Crippen molar-refractivity contribution >= 4 is 10.9 Å². The van der Waals surface area contributed by atoms with Gasteiger partial charge in [-0.3, -0.25) is 0 Å². The fraction of sp³-hybridized carbons (Fsp3) is 0.214. The molecular weight excluding hydrogens is 224 g/mol. The lowest BCUT2D eigenvalue weighted by Gasteiger charge is -1.97. The number of rotatable bonds is 3. The summed E-state index contributed by atoms with van der Waals surface area (Å²) in [4.78, 5) is 11.1. The average Bonchev–Trinajstić information content (AvgIpc) is 2.96. The highest BCUT2D eigenvalue weighted by atomic mass is 14.9. The van der Waals surface area contributed by atoms with Crippen LogP contribution in [0.4, 0.5) is 0 Å². The lowest BCUT2D eigenvalue weighted by atomic mass is 10.1. The molecule has 1 aromatic carbocycles. The summed E-state index contributed by atoms with van der Waals surface area (Å²) in [6.07, 6.45) is 4.69. The van der Waals surface area contributed by atoms with Crippen molar-refractivity contribution in [3.63, 3.8) is 0 Å². The highest BCUT2D eigenvalue weighted by molar-refractivity contribution is 5.95.